The van der Waals surface area contributed by atoms with E-state index in [0.29, 0.717) is 29.8 Å². The summed E-state index contributed by atoms with van der Waals surface area (Å²) in [7, 11) is 0. The van der Waals surface area contributed by atoms with E-state index in [2.05, 4.69) is 18.8 Å². The standard InChI is InChI=1S/C11H15NO3/c1-6(2)5-8-12-9(7-3-4-7)10(15-8)11(13)14/h6-7H,3-5H2,1-2H3,(H,13,14). The molecule has 4 heteroatoms. The predicted molar refractivity (Wildman–Crippen MR) is 54.0 cm³/mol. The first-order valence-electron chi connectivity index (χ1n) is 5.30. The van der Waals surface area contributed by atoms with Gasteiger partial charge in [-0.15, -0.1) is 0 Å². The molecule has 1 aliphatic rings. The number of hydrogen-bond acceptors (Lipinski definition) is 3. The van der Waals surface area contributed by atoms with Crippen molar-refractivity contribution in [1.29, 1.82) is 0 Å². The highest BCUT2D eigenvalue weighted by Gasteiger charge is 2.33. The Morgan fingerprint density at radius 2 is 2.27 bits per heavy atom. The Kier molecular flexibility index (Phi) is 2.50. The second-order valence-corrected chi connectivity index (χ2v) is 4.50. The fraction of sp³-hybridized carbons (Fsp3) is 0.636. The van der Waals surface area contributed by atoms with Crippen LogP contribution in [0.4, 0.5) is 0 Å². The average Bonchev–Trinajstić information content (AvgIpc) is 2.87. The SMILES string of the molecule is CC(C)Cc1nc(C2CC2)c(C(=O)O)o1. The van der Waals surface area contributed by atoms with Crippen molar-refractivity contribution in [3.8, 4) is 0 Å². The van der Waals surface area contributed by atoms with Gasteiger partial charge < -0.3 is 9.52 Å². The van der Waals surface area contributed by atoms with Gasteiger partial charge in [-0.2, -0.15) is 0 Å². The Hall–Kier alpha value is -1.32. The second-order valence-electron chi connectivity index (χ2n) is 4.50. The zero-order valence-corrected chi connectivity index (χ0v) is 8.99. The van der Waals surface area contributed by atoms with Gasteiger partial charge in [-0.1, -0.05) is 13.8 Å². The normalized spacial score (nSPS) is 15.9. The number of hydrogen-bond donors (Lipinski definition) is 1. The topological polar surface area (TPSA) is 63.3 Å². The lowest BCUT2D eigenvalue weighted by atomic mass is 10.1. The van der Waals surface area contributed by atoms with Crippen molar-refractivity contribution < 1.29 is 14.3 Å². The maximum atomic E-state index is 10.9. The average molecular weight is 209 g/mol. The van der Waals surface area contributed by atoms with Crippen LogP contribution in [-0.2, 0) is 6.42 Å². The molecule has 1 saturated carbocycles. The maximum absolute atomic E-state index is 10.9. The first kappa shape index (κ1) is 10.2. The van der Waals surface area contributed by atoms with Crippen molar-refractivity contribution in [2.45, 2.75) is 39.0 Å². The number of carboxylic acid groups (broad SMARTS) is 1. The van der Waals surface area contributed by atoms with Crippen LogP contribution in [0.15, 0.2) is 4.42 Å². The first-order chi connectivity index (χ1) is 7.08. The zero-order chi connectivity index (χ0) is 11.0. The molecule has 82 valence electrons. The van der Waals surface area contributed by atoms with E-state index in [1.165, 1.54) is 0 Å². The fourth-order valence-electron chi connectivity index (χ4n) is 1.60. The first-order valence-corrected chi connectivity index (χ1v) is 5.30. The molecular weight excluding hydrogens is 194 g/mol. The summed E-state index contributed by atoms with van der Waals surface area (Å²) < 4.78 is 5.28. The summed E-state index contributed by atoms with van der Waals surface area (Å²) in [5.41, 5.74) is 0.651. The van der Waals surface area contributed by atoms with Gasteiger partial charge in [0.2, 0.25) is 5.76 Å². The van der Waals surface area contributed by atoms with Crippen LogP contribution >= 0.6 is 0 Å². The molecule has 0 unspecified atom stereocenters. The van der Waals surface area contributed by atoms with Crippen LogP contribution in [0.5, 0.6) is 0 Å². The van der Waals surface area contributed by atoms with Crippen LogP contribution in [0, 0.1) is 5.92 Å². The lowest BCUT2D eigenvalue weighted by Crippen LogP contribution is -1.98. The van der Waals surface area contributed by atoms with Crippen LogP contribution in [0.25, 0.3) is 0 Å². The third-order valence-corrected chi connectivity index (χ3v) is 2.44. The van der Waals surface area contributed by atoms with Gasteiger partial charge in [0.05, 0.1) is 5.69 Å². The van der Waals surface area contributed by atoms with E-state index >= 15 is 0 Å². The van der Waals surface area contributed by atoms with Gasteiger partial charge in [0.15, 0.2) is 5.89 Å². The predicted octanol–water partition coefficient (Wildman–Crippen LogP) is 2.45. The number of nitrogens with zero attached hydrogens (tertiary/aromatic N) is 1. The number of aromatic nitrogens is 1. The van der Waals surface area contributed by atoms with Gasteiger partial charge in [-0.25, -0.2) is 9.78 Å². The molecular formula is C11H15NO3. The largest absolute Gasteiger partial charge is 0.475 e. The van der Waals surface area contributed by atoms with E-state index in [-0.39, 0.29) is 5.76 Å². The van der Waals surface area contributed by atoms with Crippen LogP contribution in [-0.4, -0.2) is 16.1 Å². The zero-order valence-electron chi connectivity index (χ0n) is 8.99. The molecule has 1 fully saturated rings. The Morgan fingerprint density at radius 1 is 1.60 bits per heavy atom. The minimum absolute atomic E-state index is 0.0492. The van der Waals surface area contributed by atoms with Crippen molar-refractivity contribution >= 4 is 5.97 Å². The number of aromatic carboxylic acids is 1. The Balaban J connectivity index is 2.27. The van der Waals surface area contributed by atoms with Gasteiger partial charge in [-0.05, 0) is 18.8 Å². The van der Waals surface area contributed by atoms with Crippen LogP contribution in [0.2, 0.25) is 0 Å². The molecule has 0 amide bonds. The highest BCUT2D eigenvalue weighted by molar-refractivity contribution is 5.85. The summed E-state index contributed by atoms with van der Waals surface area (Å²) in [6.07, 6.45) is 2.77. The third kappa shape index (κ3) is 2.19. The molecule has 4 nitrogen and oxygen atoms in total. The summed E-state index contributed by atoms with van der Waals surface area (Å²) in [4.78, 5) is 15.2. The third-order valence-electron chi connectivity index (χ3n) is 2.44. The van der Waals surface area contributed by atoms with Crippen LogP contribution in [0.1, 0.15) is 54.7 Å². The van der Waals surface area contributed by atoms with Crippen molar-refractivity contribution in [3.63, 3.8) is 0 Å². The molecule has 0 spiro atoms. The lowest BCUT2D eigenvalue weighted by molar-refractivity contribution is 0.0658. The molecule has 0 aliphatic heterocycles. The molecule has 1 heterocycles. The molecule has 1 aromatic rings. The molecule has 15 heavy (non-hydrogen) atoms. The van der Waals surface area contributed by atoms with Gasteiger partial charge in [0.25, 0.3) is 0 Å². The highest BCUT2D eigenvalue weighted by atomic mass is 16.4. The monoisotopic (exact) mass is 209 g/mol. The number of carboxylic acids is 1. The smallest absolute Gasteiger partial charge is 0.373 e. The molecule has 0 aromatic carbocycles. The van der Waals surface area contributed by atoms with Gasteiger partial charge in [-0.3, -0.25) is 0 Å². The molecule has 0 bridgehead atoms. The van der Waals surface area contributed by atoms with E-state index in [0.717, 1.165) is 12.8 Å². The quantitative estimate of drug-likeness (QED) is 0.827. The van der Waals surface area contributed by atoms with Crippen molar-refractivity contribution in [1.82, 2.24) is 4.98 Å². The number of rotatable bonds is 4. The minimum Gasteiger partial charge on any atom is -0.475 e. The highest BCUT2D eigenvalue weighted by Crippen LogP contribution is 2.41. The van der Waals surface area contributed by atoms with E-state index in [9.17, 15) is 4.79 Å². The second kappa shape index (κ2) is 3.68. The Labute approximate surface area is 88.3 Å². The molecule has 0 atom stereocenters. The number of oxazole rings is 1. The van der Waals surface area contributed by atoms with Crippen molar-refractivity contribution in [2.75, 3.05) is 0 Å². The van der Waals surface area contributed by atoms with E-state index in [1.807, 2.05) is 0 Å². The van der Waals surface area contributed by atoms with E-state index in [4.69, 9.17) is 9.52 Å². The molecule has 1 aliphatic carbocycles. The van der Waals surface area contributed by atoms with Gasteiger partial charge in [0, 0.05) is 12.3 Å². The van der Waals surface area contributed by atoms with Crippen molar-refractivity contribution in [2.24, 2.45) is 5.92 Å². The molecule has 0 saturated heterocycles. The molecule has 0 radical (unpaired) electrons. The van der Waals surface area contributed by atoms with E-state index in [1.54, 1.807) is 0 Å². The molecule has 2 rings (SSSR count). The van der Waals surface area contributed by atoms with E-state index < -0.39 is 5.97 Å². The van der Waals surface area contributed by atoms with Crippen LogP contribution in [0.3, 0.4) is 0 Å². The summed E-state index contributed by atoms with van der Waals surface area (Å²) in [5.74, 6) is 0.356. The van der Waals surface area contributed by atoms with Gasteiger partial charge >= 0.3 is 5.97 Å². The minimum atomic E-state index is -1.00. The van der Waals surface area contributed by atoms with Crippen LogP contribution < -0.4 is 0 Å². The Bertz CT molecular complexity index is 377. The summed E-state index contributed by atoms with van der Waals surface area (Å²) in [6.45, 7) is 4.11. The summed E-state index contributed by atoms with van der Waals surface area (Å²) in [5, 5.41) is 8.96. The fourth-order valence-corrected chi connectivity index (χ4v) is 1.60. The molecule has 1 aromatic heterocycles. The maximum Gasteiger partial charge on any atom is 0.373 e. The summed E-state index contributed by atoms with van der Waals surface area (Å²) >= 11 is 0. The lowest BCUT2D eigenvalue weighted by Gasteiger charge is -1.97. The Morgan fingerprint density at radius 3 is 2.73 bits per heavy atom. The molecule has 1 N–H and O–H groups in total. The summed E-state index contributed by atoms with van der Waals surface area (Å²) in [6, 6.07) is 0. The van der Waals surface area contributed by atoms with Crippen molar-refractivity contribution in [3.05, 3.63) is 17.3 Å². The number of carbonyl (C=O) groups is 1. The van der Waals surface area contributed by atoms with Gasteiger partial charge in [0.1, 0.15) is 0 Å².